The zero-order chi connectivity index (χ0) is 11.3. The van der Waals surface area contributed by atoms with E-state index in [1.807, 2.05) is 0 Å². The molecule has 0 aliphatic heterocycles. The number of likely N-dealkylation sites (N-methyl/N-ethyl adjacent to an activating group) is 1. The van der Waals surface area contributed by atoms with Crippen LogP contribution in [0.25, 0.3) is 0 Å². The first-order valence-electron chi connectivity index (χ1n) is 3.70. The van der Waals surface area contributed by atoms with Crippen molar-refractivity contribution in [2.24, 2.45) is 0 Å². The Labute approximate surface area is 137 Å². The van der Waals surface area contributed by atoms with Gasteiger partial charge in [0.15, 0.2) is 0 Å². The largest absolute Gasteiger partial charge is 1.00 e. The van der Waals surface area contributed by atoms with Crippen LogP contribution >= 0.6 is 0 Å². The minimum atomic E-state index is -1.65. The normalized spacial score (nSPS) is 10.1. The first-order valence-corrected chi connectivity index (χ1v) is 3.70. The van der Waals surface area contributed by atoms with E-state index in [0.717, 1.165) is 18.0 Å². The molecule has 8 heteroatoms. The number of aliphatic carboxylic acids is 2. The minimum Gasteiger partial charge on any atom is -0.550 e. The van der Waals surface area contributed by atoms with Crippen LogP contribution in [-0.2, 0) is 14.4 Å². The third kappa shape index (κ3) is 7.43. The third-order valence-electron chi connectivity index (χ3n) is 1.62. The van der Waals surface area contributed by atoms with Gasteiger partial charge in [0, 0.05) is 19.4 Å². The summed E-state index contributed by atoms with van der Waals surface area (Å²) >= 11 is 0. The number of nitrogens with zero attached hydrogens (tertiary/aromatic N) is 1. The Hall–Kier alpha value is 0.150. The molecule has 1 atom stereocenters. The predicted molar refractivity (Wildman–Crippen MR) is 41.4 cm³/mol. The molecule has 0 aromatic carbocycles. The maximum absolute atomic E-state index is 10.9. The number of hydrogen-bond donors (Lipinski definition) is 0. The Balaban J connectivity index is -0.000000845. The second kappa shape index (κ2) is 10.3. The quantitative estimate of drug-likeness (QED) is 0.353. The van der Waals surface area contributed by atoms with E-state index in [1.54, 1.807) is 0 Å². The summed E-state index contributed by atoms with van der Waals surface area (Å²) in [6.07, 6.45) is 0.0730. The predicted octanol–water partition coefficient (Wildman–Crippen LogP) is -9.10. The standard InChI is InChI=1S/C8H11NO5.2Na/c1-3-6(10)9(2)5(8(13)14)4-7(11)12;;/h3,5H,1,4H2,2H3,(H,11,12)(H,13,14);;/q;2*+1/p-2/t5-;;/m0../s1. The first-order chi connectivity index (χ1) is 6.40. The SMILES string of the molecule is C=CC(=O)N(C)[C@@H](CC(=O)[O-])C(=O)[O-].[Na+].[Na+]. The molecule has 0 rings (SSSR count). The average molecular weight is 245 g/mol. The number of amides is 1. The summed E-state index contributed by atoms with van der Waals surface area (Å²) in [7, 11) is 1.15. The molecule has 0 saturated carbocycles. The number of hydrogen-bond acceptors (Lipinski definition) is 5. The molecule has 0 unspecified atom stereocenters. The van der Waals surface area contributed by atoms with E-state index in [2.05, 4.69) is 6.58 Å². The van der Waals surface area contributed by atoms with E-state index in [9.17, 15) is 24.6 Å². The van der Waals surface area contributed by atoms with E-state index in [1.165, 1.54) is 0 Å². The maximum atomic E-state index is 10.9. The molecule has 0 bridgehead atoms. The van der Waals surface area contributed by atoms with Gasteiger partial charge in [-0.25, -0.2) is 0 Å². The van der Waals surface area contributed by atoms with Crippen LogP contribution in [0.3, 0.4) is 0 Å². The van der Waals surface area contributed by atoms with Crippen molar-refractivity contribution in [1.29, 1.82) is 0 Å². The molecule has 0 N–H and O–H groups in total. The summed E-state index contributed by atoms with van der Waals surface area (Å²) in [4.78, 5) is 32.3. The van der Waals surface area contributed by atoms with E-state index < -0.39 is 30.3 Å². The van der Waals surface area contributed by atoms with Gasteiger partial charge in [0.1, 0.15) is 0 Å². The van der Waals surface area contributed by atoms with Crippen LogP contribution in [-0.4, -0.2) is 35.8 Å². The number of carboxylic acids is 2. The van der Waals surface area contributed by atoms with Crippen LogP contribution in [0.5, 0.6) is 0 Å². The fourth-order valence-electron chi connectivity index (χ4n) is 0.834. The molecule has 0 aliphatic carbocycles. The van der Waals surface area contributed by atoms with Gasteiger partial charge in [-0.1, -0.05) is 6.58 Å². The van der Waals surface area contributed by atoms with Gasteiger partial charge in [-0.15, -0.1) is 0 Å². The van der Waals surface area contributed by atoms with Gasteiger partial charge in [-0.05, 0) is 6.08 Å². The molecule has 0 radical (unpaired) electrons. The fourth-order valence-corrected chi connectivity index (χ4v) is 0.834. The summed E-state index contributed by atoms with van der Waals surface area (Å²) < 4.78 is 0. The van der Waals surface area contributed by atoms with Crippen LogP contribution in [0, 0.1) is 0 Å². The maximum Gasteiger partial charge on any atom is 1.00 e. The van der Waals surface area contributed by atoms with Crippen molar-refractivity contribution in [3.05, 3.63) is 12.7 Å². The average Bonchev–Trinajstić information content (AvgIpc) is 2.11. The van der Waals surface area contributed by atoms with Crippen LogP contribution in [0.15, 0.2) is 12.7 Å². The van der Waals surface area contributed by atoms with Crippen molar-refractivity contribution in [3.8, 4) is 0 Å². The topological polar surface area (TPSA) is 101 Å². The number of rotatable bonds is 5. The summed E-state index contributed by atoms with van der Waals surface area (Å²) in [5, 5.41) is 20.6. The van der Waals surface area contributed by atoms with E-state index >= 15 is 0 Å². The molecule has 78 valence electrons. The molecule has 0 heterocycles. The van der Waals surface area contributed by atoms with Crippen molar-refractivity contribution in [1.82, 2.24) is 4.90 Å². The molecule has 0 saturated heterocycles. The molecule has 16 heavy (non-hydrogen) atoms. The van der Waals surface area contributed by atoms with Gasteiger partial charge in [-0.3, -0.25) is 4.79 Å². The van der Waals surface area contributed by atoms with Crippen molar-refractivity contribution in [2.45, 2.75) is 12.5 Å². The fraction of sp³-hybridized carbons (Fsp3) is 0.375. The Morgan fingerprint density at radius 2 is 1.75 bits per heavy atom. The molecule has 0 aliphatic rings. The van der Waals surface area contributed by atoms with E-state index in [4.69, 9.17) is 0 Å². The summed E-state index contributed by atoms with van der Waals surface area (Å²) in [6, 6.07) is -1.54. The van der Waals surface area contributed by atoms with Crippen LogP contribution < -0.4 is 69.3 Å². The van der Waals surface area contributed by atoms with Crippen molar-refractivity contribution < 1.29 is 83.7 Å². The molecular weight excluding hydrogens is 236 g/mol. The first kappa shape index (κ1) is 21.4. The molecular formula is C8H9NNa2O5. The van der Waals surface area contributed by atoms with Gasteiger partial charge in [0.05, 0.1) is 12.0 Å². The summed E-state index contributed by atoms with van der Waals surface area (Å²) in [6.45, 7) is 3.13. The second-order valence-corrected chi connectivity index (χ2v) is 2.56. The number of carbonyl (C=O) groups is 3. The number of carboxylic acid groups (broad SMARTS) is 2. The molecule has 0 aromatic heterocycles. The Bertz CT molecular complexity index is 282. The minimum absolute atomic E-state index is 0. The van der Waals surface area contributed by atoms with Crippen LogP contribution in [0.4, 0.5) is 0 Å². The zero-order valence-electron chi connectivity index (χ0n) is 9.56. The smallest absolute Gasteiger partial charge is 0.550 e. The Morgan fingerprint density at radius 3 is 2.00 bits per heavy atom. The van der Waals surface area contributed by atoms with E-state index in [0.29, 0.717) is 0 Å². The number of carbonyl (C=O) groups excluding carboxylic acids is 3. The van der Waals surface area contributed by atoms with Gasteiger partial charge >= 0.3 is 59.1 Å². The zero-order valence-corrected chi connectivity index (χ0v) is 13.6. The van der Waals surface area contributed by atoms with Gasteiger partial charge in [0.25, 0.3) is 0 Å². The molecule has 1 amide bonds. The van der Waals surface area contributed by atoms with Gasteiger partial charge < -0.3 is 24.7 Å². The van der Waals surface area contributed by atoms with Gasteiger partial charge in [-0.2, -0.15) is 0 Å². The van der Waals surface area contributed by atoms with Crippen molar-refractivity contribution >= 4 is 17.8 Å². The third-order valence-corrected chi connectivity index (χ3v) is 1.62. The summed E-state index contributed by atoms with van der Waals surface area (Å²) in [5.74, 6) is -3.91. The summed E-state index contributed by atoms with van der Waals surface area (Å²) in [5.41, 5.74) is 0. The molecule has 6 nitrogen and oxygen atoms in total. The van der Waals surface area contributed by atoms with Crippen molar-refractivity contribution in [2.75, 3.05) is 7.05 Å². The monoisotopic (exact) mass is 245 g/mol. The Kier molecular flexibility index (Phi) is 13.8. The van der Waals surface area contributed by atoms with Gasteiger partial charge in [0.2, 0.25) is 5.91 Å². The van der Waals surface area contributed by atoms with E-state index in [-0.39, 0.29) is 59.1 Å². The molecule has 0 fully saturated rings. The van der Waals surface area contributed by atoms with Crippen LogP contribution in [0.2, 0.25) is 0 Å². The second-order valence-electron chi connectivity index (χ2n) is 2.56. The molecule has 0 spiro atoms. The molecule has 0 aromatic rings. The van der Waals surface area contributed by atoms with Crippen molar-refractivity contribution in [3.63, 3.8) is 0 Å². The van der Waals surface area contributed by atoms with Crippen LogP contribution in [0.1, 0.15) is 6.42 Å². The Morgan fingerprint density at radius 1 is 1.31 bits per heavy atom.